The third-order valence-corrected chi connectivity index (χ3v) is 3.88. The molecule has 0 unspecified atom stereocenters. The smallest absolute Gasteiger partial charge is 0.271 e. The lowest BCUT2D eigenvalue weighted by molar-refractivity contribution is -0.384. The van der Waals surface area contributed by atoms with Crippen LogP contribution in [0.4, 0.5) is 5.69 Å². The third kappa shape index (κ3) is 4.13. The van der Waals surface area contributed by atoms with E-state index in [0.29, 0.717) is 5.56 Å². The first-order valence-corrected chi connectivity index (χ1v) is 7.25. The van der Waals surface area contributed by atoms with Gasteiger partial charge in [0.1, 0.15) is 5.75 Å². The van der Waals surface area contributed by atoms with Gasteiger partial charge < -0.3 is 5.11 Å². The summed E-state index contributed by atoms with van der Waals surface area (Å²) in [6.45, 7) is 1.90. The van der Waals surface area contributed by atoms with Crippen molar-refractivity contribution in [2.75, 3.05) is 0 Å². The molecule has 0 spiro atoms. The number of phenols is 1. The Morgan fingerprint density at radius 2 is 2.09 bits per heavy atom. The molecule has 23 heavy (non-hydrogen) atoms. The van der Waals surface area contributed by atoms with Crippen LogP contribution in [0.15, 0.2) is 46.0 Å². The van der Waals surface area contributed by atoms with Gasteiger partial charge in [-0.05, 0) is 30.7 Å². The first-order valence-electron chi connectivity index (χ1n) is 6.45. The number of aryl methyl sites for hydroxylation is 1. The highest BCUT2D eigenvalue weighted by molar-refractivity contribution is 9.10. The molecule has 0 saturated carbocycles. The summed E-state index contributed by atoms with van der Waals surface area (Å²) in [5.74, 6) is -0.612. The topological polar surface area (TPSA) is 105 Å². The number of phenolic OH excluding ortho intramolecular Hbond substituents is 1. The lowest BCUT2D eigenvalue weighted by Crippen LogP contribution is -2.17. The van der Waals surface area contributed by atoms with Gasteiger partial charge in [0.05, 0.1) is 11.1 Å². The van der Waals surface area contributed by atoms with Gasteiger partial charge in [0.15, 0.2) is 0 Å². The van der Waals surface area contributed by atoms with Crippen molar-refractivity contribution in [2.24, 2.45) is 5.10 Å². The van der Waals surface area contributed by atoms with Gasteiger partial charge in [-0.25, -0.2) is 5.43 Å². The highest BCUT2D eigenvalue weighted by atomic mass is 79.9. The van der Waals surface area contributed by atoms with Crippen LogP contribution in [-0.4, -0.2) is 22.2 Å². The second-order valence-electron chi connectivity index (χ2n) is 4.66. The number of carbonyl (C=O) groups excluding carboxylic acids is 1. The number of halogens is 1. The van der Waals surface area contributed by atoms with Gasteiger partial charge in [-0.1, -0.05) is 22.0 Å². The Kier molecular flexibility index (Phi) is 5.07. The van der Waals surface area contributed by atoms with Crippen LogP contribution >= 0.6 is 15.9 Å². The van der Waals surface area contributed by atoms with Crippen molar-refractivity contribution in [3.63, 3.8) is 0 Å². The number of nitrogens with one attached hydrogen (secondary N) is 1. The molecule has 7 nitrogen and oxygen atoms in total. The highest BCUT2D eigenvalue weighted by Crippen LogP contribution is 2.21. The zero-order chi connectivity index (χ0) is 17.0. The maximum absolute atomic E-state index is 11.9. The van der Waals surface area contributed by atoms with Gasteiger partial charge in [-0.15, -0.1) is 0 Å². The van der Waals surface area contributed by atoms with Crippen LogP contribution in [0.1, 0.15) is 21.5 Å². The normalized spacial score (nSPS) is 10.7. The number of hydrogen-bond acceptors (Lipinski definition) is 5. The van der Waals surface area contributed by atoms with Crippen LogP contribution in [0.25, 0.3) is 0 Å². The van der Waals surface area contributed by atoms with Crippen molar-refractivity contribution >= 4 is 33.7 Å². The van der Waals surface area contributed by atoms with Gasteiger partial charge in [0.25, 0.3) is 11.6 Å². The summed E-state index contributed by atoms with van der Waals surface area (Å²) >= 11 is 3.33. The fourth-order valence-electron chi connectivity index (χ4n) is 1.72. The molecular weight excluding hydrogens is 366 g/mol. The largest absolute Gasteiger partial charge is 0.507 e. The van der Waals surface area contributed by atoms with E-state index in [1.807, 2.05) is 6.92 Å². The summed E-state index contributed by atoms with van der Waals surface area (Å²) in [6, 6.07) is 8.62. The van der Waals surface area contributed by atoms with E-state index in [1.54, 1.807) is 18.2 Å². The minimum Gasteiger partial charge on any atom is -0.507 e. The highest BCUT2D eigenvalue weighted by Gasteiger charge is 2.09. The minimum atomic E-state index is -0.584. The first-order chi connectivity index (χ1) is 10.9. The molecule has 0 aliphatic heterocycles. The maximum atomic E-state index is 11.9. The lowest BCUT2D eigenvalue weighted by atomic mass is 10.1. The van der Waals surface area contributed by atoms with Crippen molar-refractivity contribution in [3.05, 3.63) is 67.7 Å². The number of hydrogen-bond donors (Lipinski definition) is 2. The number of nitro benzene ring substituents is 1. The van der Waals surface area contributed by atoms with Crippen LogP contribution < -0.4 is 5.43 Å². The number of nitrogens with zero attached hydrogens (tertiary/aromatic N) is 2. The predicted octanol–water partition coefficient (Wildman–Crippen LogP) is 3.14. The molecule has 0 bridgehead atoms. The van der Waals surface area contributed by atoms with E-state index in [1.165, 1.54) is 12.1 Å². The molecule has 2 rings (SSSR count). The molecule has 0 atom stereocenters. The van der Waals surface area contributed by atoms with Crippen molar-refractivity contribution < 1.29 is 14.8 Å². The van der Waals surface area contributed by atoms with E-state index in [4.69, 9.17) is 0 Å². The van der Waals surface area contributed by atoms with Crippen molar-refractivity contribution in [2.45, 2.75) is 6.92 Å². The number of nitro groups is 1. The summed E-state index contributed by atoms with van der Waals surface area (Å²) < 4.78 is 0.797. The number of aromatic hydroxyl groups is 1. The molecule has 0 heterocycles. The van der Waals surface area contributed by atoms with Gasteiger partial charge in [-0.2, -0.15) is 5.10 Å². The standard InChI is InChI=1S/C15H12BrN3O4/c1-9-2-3-10(7-13(9)16)15(21)18-17-8-11-6-12(19(22)23)4-5-14(11)20/h2-8,20H,1H3,(H,18,21)/b17-8+. The summed E-state index contributed by atoms with van der Waals surface area (Å²) in [4.78, 5) is 22.1. The number of benzene rings is 2. The van der Waals surface area contributed by atoms with Crippen LogP contribution in [-0.2, 0) is 0 Å². The van der Waals surface area contributed by atoms with Gasteiger partial charge in [-0.3, -0.25) is 14.9 Å². The zero-order valence-electron chi connectivity index (χ0n) is 12.0. The SMILES string of the molecule is Cc1ccc(C(=O)N/N=C/c2cc([N+](=O)[O-])ccc2O)cc1Br. The van der Waals surface area contributed by atoms with Gasteiger partial charge in [0.2, 0.25) is 0 Å². The molecule has 8 heteroatoms. The fraction of sp³-hybridized carbons (Fsp3) is 0.0667. The Morgan fingerprint density at radius 1 is 1.35 bits per heavy atom. The van der Waals surface area contributed by atoms with E-state index >= 15 is 0 Å². The summed E-state index contributed by atoms with van der Waals surface area (Å²) in [7, 11) is 0. The molecule has 0 aromatic heterocycles. The zero-order valence-corrected chi connectivity index (χ0v) is 13.6. The quantitative estimate of drug-likeness (QED) is 0.484. The minimum absolute atomic E-state index is 0.129. The molecule has 2 N–H and O–H groups in total. The van der Waals surface area contributed by atoms with Gasteiger partial charge >= 0.3 is 0 Å². The first kappa shape index (κ1) is 16.6. The van der Waals surface area contributed by atoms with Crippen molar-refractivity contribution in [1.82, 2.24) is 5.43 Å². The number of rotatable bonds is 4. The molecule has 0 fully saturated rings. The average molecular weight is 378 g/mol. The molecule has 118 valence electrons. The molecule has 2 aromatic rings. The monoisotopic (exact) mass is 377 g/mol. The van der Waals surface area contributed by atoms with Crippen molar-refractivity contribution in [1.29, 1.82) is 0 Å². The van der Waals surface area contributed by atoms with Gasteiger partial charge in [0, 0.05) is 27.7 Å². The average Bonchev–Trinajstić information content (AvgIpc) is 2.51. The Morgan fingerprint density at radius 3 is 2.74 bits per heavy atom. The van der Waals surface area contributed by atoms with E-state index in [2.05, 4.69) is 26.5 Å². The molecule has 0 aliphatic rings. The Balaban J connectivity index is 2.12. The number of hydrazone groups is 1. The number of carbonyl (C=O) groups is 1. The van der Waals surface area contributed by atoms with Crippen LogP contribution in [0.5, 0.6) is 5.75 Å². The van der Waals surface area contributed by atoms with Crippen LogP contribution in [0.2, 0.25) is 0 Å². The summed E-state index contributed by atoms with van der Waals surface area (Å²) in [5, 5.41) is 24.0. The van der Waals surface area contributed by atoms with Crippen LogP contribution in [0.3, 0.4) is 0 Å². The molecule has 0 radical (unpaired) electrons. The number of amides is 1. The predicted molar refractivity (Wildman–Crippen MR) is 88.7 cm³/mol. The lowest BCUT2D eigenvalue weighted by Gasteiger charge is -2.03. The van der Waals surface area contributed by atoms with Crippen LogP contribution in [0, 0.1) is 17.0 Å². The molecule has 0 aliphatic carbocycles. The summed E-state index contributed by atoms with van der Waals surface area (Å²) in [5.41, 5.74) is 3.64. The second kappa shape index (κ2) is 7.01. The summed E-state index contributed by atoms with van der Waals surface area (Å²) in [6.07, 6.45) is 1.14. The van der Waals surface area contributed by atoms with Crippen molar-refractivity contribution in [3.8, 4) is 5.75 Å². The Hall–Kier alpha value is -2.74. The fourth-order valence-corrected chi connectivity index (χ4v) is 2.10. The number of non-ortho nitro benzene ring substituents is 1. The second-order valence-corrected chi connectivity index (χ2v) is 5.52. The molecule has 0 saturated heterocycles. The third-order valence-electron chi connectivity index (χ3n) is 3.03. The van der Waals surface area contributed by atoms with E-state index in [0.717, 1.165) is 22.3 Å². The van der Waals surface area contributed by atoms with E-state index in [-0.39, 0.29) is 17.0 Å². The maximum Gasteiger partial charge on any atom is 0.271 e. The Labute approximate surface area is 139 Å². The molecular formula is C15H12BrN3O4. The van der Waals surface area contributed by atoms with E-state index < -0.39 is 10.8 Å². The molecule has 1 amide bonds. The molecule has 2 aromatic carbocycles. The Bertz CT molecular complexity index is 805. The van der Waals surface area contributed by atoms with E-state index in [9.17, 15) is 20.0 Å².